The molecule has 0 bridgehead atoms. The van der Waals surface area contributed by atoms with Gasteiger partial charge in [0.15, 0.2) is 5.75 Å². The highest BCUT2D eigenvalue weighted by Gasteiger charge is 2.29. The number of piperidine rings is 1. The standard InChI is InChI=1S/C29H37N5O2.C8H14/c1-31-12-9-24(10-13-31)34-20-23-18-22(25-6-5-11-30-28(25)29(23)36-21-34)19-32-14-16-33(17-15-32)26-7-3-4-8-27(26)35-2;1-4-6-7-8(3)5-2/h3-8,11,18,24H,9-10,12-17,19-21H2,1-2H3;5-7H,4H2,1-3H3/b;7-6-,8-5-. The van der Waals surface area contributed by atoms with Crippen molar-refractivity contribution in [3.8, 4) is 11.5 Å². The molecule has 236 valence electrons. The number of methoxy groups -OCH3 is 1. The van der Waals surface area contributed by atoms with Crippen LogP contribution in [-0.2, 0) is 13.1 Å². The maximum Gasteiger partial charge on any atom is 0.152 e. The van der Waals surface area contributed by atoms with Crippen LogP contribution < -0.4 is 14.4 Å². The first-order chi connectivity index (χ1) is 21.5. The predicted molar refractivity (Wildman–Crippen MR) is 183 cm³/mol. The van der Waals surface area contributed by atoms with Crippen molar-refractivity contribution in [2.24, 2.45) is 0 Å². The topological polar surface area (TPSA) is 44.3 Å². The number of ether oxygens (including phenoxy) is 2. The number of rotatable bonds is 7. The molecule has 7 nitrogen and oxygen atoms in total. The fourth-order valence-electron chi connectivity index (χ4n) is 6.45. The van der Waals surface area contributed by atoms with Crippen molar-refractivity contribution in [2.45, 2.75) is 59.2 Å². The number of piperazine rings is 1. The minimum absolute atomic E-state index is 0.597. The molecule has 0 unspecified atom stereocenters. The summed E-state index contributed by atoms with van der Waals surface area (Å²) >= 11 is 0. The normalized spacial score (nSPS) is 19.0. The quantitative estimate of drug-likeness (QED) is 0.280. The van der Waals surface area contributed by atoms with E-state index in [0.29, 0.717) is 12.8 Å². The number of aromatic nitrogens is 1. The number of hydrogen-bond donors (Lipinski definition) is 0. The number of hydrogen-bond acceptors (Lipinski definition) is 7. The molecule has 0 aliphatic carbocycles. The molecule has 6 rings (SSSR count). The number of allylic oxidation sites excluding steroid dienone is 4. The van der Waals surface area contributed by atoms with Crippen molar-refractivity contribution in [3.05, 3.63) is 83.6 Å². The molecule has 2 saturated heterocycles. The first kappa shape index (κ1) is 32.0. The van der Waals surface area contributed by atoms with Crippen molar-refractivity contribution in [2.75, 3.05) is 65.1 Å². The van der Waals surface area contributed by atoms with E-state index in [0.717, 1.165) is 62.7 Å². The molecule has 3 aliphatic rings. The molecule has 4 heterocycles. The molecule has 0 N–H and O–H groups in total. The van der Waals surface area contributed by atoms with Gasteiger partial charge in [-0.15, -0.1) is 0 Å². The molecular weight excluding hydrogens is 546 g/mol. The molecule has 0 saturated carbocycles. The zero-order valence-electron chi connectivity index (χ0n) is 27.5. The minimum atomic E-state index is 0.597. The molecule has 3 aromatic rings. The third-order valence-electron chi connectivity index (χ3n) is 9.23. The second kappa shape index (κ2) is 15.6. The summed E-state index contributed by atoms with van der Waals surface area (Å²) in [5.41, 5.74) is 6.19. The van der Waals surface area contributed by atoms with Crippen molar-refractivity contribution < 1.29 is 9.47 Å². The number of para-hydroxylation sites is 2. The van der Waals surface area contributed by atoms with Crippen LogP contribution in [0.5, 0.6) is 11.5 Å². The largest absolute Gasteiger partial charge is 0.495 e. The average Bonchev–Trinajstić information content (AvgIpc) is 3.08. The molecule has 44 heavy (non-hydrogen) atoms. The summed E-state index contributed by atoms with van der Waals surface area (Å²) in [6, 6.07) is 15.6. The van der Waals surface area contributed by atoms with E-state index < -0.39 is 0 Å². The van der Waals surface area contributed by atoms with E-state index in [2.05, 4.69) is 89.9 Å². The molecule has 0 amide bonds. The Morgan fingerprint density at radius 1 is 1.05 bits per heavy atom. The third kappa shape index (κ3) is 7.81. The Balaban J connectivity index is 0.000000426. The first-order valence-corrected chi connectivity index (χ1v) is 16.3. The van der Waals surface area contributed by atoms with Gasteiger partial charge in [-0.05, 0) is 83.1 Å². The summed E-state index contributed by atoms with van der Waals surface area (Å²) in [6.45, 7) is 15.2. The molecule has 0 spiro atoms. The van der Waals surface area contributed by atoms with Crippen LogP contribution in [0.15, 0.2) is 72.5 Å². The summed E-state index contributed by atoms with van der Waals surface area (Å²) in [5, 5.41) is 1.22. The second-order valence-corrected chi connectivity index (χ2v) is 12.3. The number of anilines is 1. The van der Waals surface area contributed by atoms with Gasteiger partial charge in [-0.3, -0.25) is 14.8 Å². The summed E-state index contributed by atoms with van der Waals surface area (Å²) in [7, 11) is 3.97. The zero-order chi connectivity index (χ0) is 30.9. The summed E-state index contributed by atoms with van der Waals surface area (Å²) in [5.74, 6) is 1.94. The van der Waals surface area contributed by atoms with Crippen molar-refractivity contribution in [1.29, 1.82) is 0 Å². The Labute approximate surface area is 264 Å². The molecule has 3 aliphatic heterocycles. The lowest BCUT2D eigenvalue weighted by Crippen LogP contribution is -2.46. The van der Waals surface area contributed by atoms with Crippen LogP contribution in [0.4, 0.5) is 5.69 Å². The number of benzene rings is 2. The number of likely N-dealkylation sites (tertiary alicyclic amines) is 1. The Hall–Kier alpha value is -3.39. The van der Waals surface area contributed by atoms with Crippen LogP contribution in [0, 0.1) is 0 Å². The highest BCUT2D eigenvalue weighted by molar-refractivity contribution is 5.89. The van der Waals surface area contributed by atoms with Crippen LogP contribution in [0.2, 0.25) is 0 Å². The van der Waals surface area contributed by atoms with Crippen LogP contribution in [-0.4, -0.2) is 85.9 Å². The smallest absolute Gasteiger partial charge is 0.152 e. The minimum Gasteiger partial charge on any atom is -0.495 e. The van der Waals surface area contributed by atoms with Gasteiger partial charge in [-0.1, -0.05) is 48.9 Å². The van der Waals surface area contributed by atoms with Crippen LogP contribution in [0.25, 0.3) is 10.9 Å². The van der Waals surface area contributed by atoms with Gasteiger partial charge < -0.3 is 19.3 Å². The van der Waals surface area contributed by atoms with E-state index in [1.165, 1.54) is 53.7 Å². The average molecular weight is 598 g/mol. The third-order valence-corrected chi connectivity index (χ3v) is 9.23. The number of pyridine rings is 1. The Morgan fingerprint density at radius 2 is 1.82 bits per heavy atom. The van der Waals surface area contributed by atoms with E-state index in [9.17, 15) is 0 Å². The maximum absolute atomic E-state index is 6.38. The van der Waals surface area contributed by atoms with E-state index in [4.69, 9.17) is 14.5 Å². The van der Waals surface area contributed by atoms with Gasteiger partial charge in [0.2, 0.25) is 0 Å². The molecule has 0 radical (unpaired) electrons. The Morgan fingerprint density at radius 3 is 2.55 bits per heavy atom. The van der Waals surface area contributed by atoms with Gasteiger partial charge >= 0.3 is 0 Å². The van der Waals surface area contributed by atoms with Crippen LogP contribution >= 0.6 is 0 Å². The molecule has 0 atom stereocenters. The van der Waals surface area contributed by atoms with Crippen LogP contribution in [0.1, 0.15) is 51.2 Å². The molecule has 7 heteroatoms. The highest BCUT2D eigenvalue weighted by Crippen LogP contribution is 2.37. The zero-order valence-corrected chi connectivity index (χ0v) is 27.5. The van der Waals surface area contributed by atoms with Gasteiger partial charge in [0.1, 0.15) is 18.0 Å². The lowest BCUT2D eigenvalue weighted by atomic mass is 9.98. The molecule has 2 aromatic carbocycles. The first-order valence-electron chi connectivity index (χ1n) is 16.3. The van der Waals surface area contributed by atoms with Gasteiger partial charge in [0.05, 0.1) is 12.8 Å². The fourth-order valence-corrected chi connectivity index (χ4v) is 6.45. The van der Waals surface area contributed by atoms with Crippen molar-refractivity contribution in [1.82, 2.24) is 19.7 Å². The van der Waals surface area contributed by atoms with E-state index in [1.807, 2.05) is 24.4 Å². The van der Waals surface area contributed by atoms with Gasteiger partial charge in [-0.25, -0.2) is 0 Å². The summed E-state index contributed by atoms with van der Waals surface area (Å²) in [4.78, 5) is 14.7. The molecular formula is C37H51N5O2. The lowest BCUT2D eigenvalue weighted by Gasteiger charge is -2.40. The Bertz CT molecular complexity index is 1420. The second-order valence-electron chi connectivity index (χ2n) is 12.3. The summed E-state index contributed by atoms with van der Waals surface area (Å²) in [6.07, 6.45) is 11.9. The Kier molecular flexibility index (Phi) is 11.3. The van der Waals surface area contributed by atoms with Gasteiger partial charge in [-0.2, -0.15) is 0 Å². The molecule has 1 aromatic heterocycles. The van der Waals surface area contributed by atoms with E-state index in [1.54, 1.807) is 7.11 Å². The van der Waals surface area contributed by atoms with Gasteiger partial charge in [0, 0.05) is 62.5 Å². The van der Waals surface area contributed by atoms with Crippen LogP contribution in [0.3, 0.4) is 0 Å². The monoisotopic (exact) mass is 597 g/mol. The lowest BCUT2D eigenvalue weighted by molar-refractivity contribution is 0.0301. The number of fused-ring (bicyclic) bond motifs is 3. The van der Waals surface area contributed by atoms with E-state index >= 15 is 0 Å². The van der Waals surface area contributed by atoms with Crippen molar-refractivity contribution >= 4 is 16.6 Å². The highest BCUT2D eigenvalue weighted by atomic mass is 16.5. The van der Waals surface area contributed by atoms with Crippen molar-refractivity contribution in [3.63, 3.8) is 0 Å². The maximum atomic E-state index is 6.38. The van der Waals surface area contributed by atoms with E-state index in [-0.39, 0.29) is 0 Å². The SMILES string of the molecule is C/C=C(C)\C=C/CC.COc1ccccc1N1CCN(Cc2cc3c(c4ncccc24)OCN(C2CCN(C)CC2)C3)CC1. The number of nitrogens with zero attached hydrogens (tertiary/aromatic N) is 5. The summed E-state index contributed by atoms with van der Waals surface area (Å²) < 4.78 is 12.0. The fraction of sp³-hybridized carbons (Fsp3) is 0.486. The molecule has 2 fully saturated rings. The predicted octanol–water partition coefficient (Wildman–Crippen LogP) is 6.73. The van der Waals surface area contributed by atoms with Gasteiger partial charge in [0.25, 0.3) is 0 Å².